The number of piperidine rings is 1. The van der Waals surface area contributed by atoms with Gasteiger partial charge in [0.1, 0.15) is 0 Å². The molecule has 0 bridgehead atoms. The highest BCUT2D eigenvalue weighted by Gasteiger charge is 2.51. The summed E-state index contributed by atoms with van der Waals surface area (Å²) >= 11 is 0. The summed E-state index contributed by atoms with van der Waals surface area (Å²) in [4.78, 5) is 31.0. The van der Waals surface area contributed by atoms with Crippen LogP contribution in [0, 0.1) is 11.8 Å². The van der Waals surface area contributed by atoms with Crippen LogP contribution in [-0.2, 0) is 16.0 Å². The largest absolute Gasteiger partial charge is 0.311 e. The van der Waals surface area contributed by atoms with Crippen LogP contribution in [0.4, 0.5) is 11.4 Å². The minimum Gasteiger partial charge on any atom is -0.311 e. The molecule has 1 N–H and O–H groups in total. The Morgan fingerprint density at radius 1 is 1.07 bits per heavy atom. The Hall–Kier alpha value is -2.70. The first-order valence-corrected chi connectivity index (χ1v) is 10.4. The van der Waals surface area contributed by atoms with Crippen molar-refractivity contribution < 1.29 is 9.59 Å². The summed E-state index contributed by atoms with van der Waals surface area (Å²) in [5, 5.41) is 1.65. The second-order valence-electron chi connectivity index (χ2n) is 8.10. The van der Waals surface area contributed by atoms with Gasteiger partial charge in [0.05, 0.1) is 23.6 Å². The van der Waals surface area contributed by atoms with E-state index in [4.69, 9.17) is 0 Å². The highest BCUT2D eigenvalue weighted by molar-refractivity contribution is 6.01. The van der Waals surface area contributed by atoms with Crippen molar-refractivity contribution in [2.75, 3.05) is 36.1 Å². The molecule has 3 atom stereocenters. The fourth-order valence-corrected chi connectivity index (χ4v) is 4.96. The number of fused-ring (bicyclic) bond motifs is 2. The Kier molecular flexibility index (Phi) is 4.60. The maximum absolute atomic E-state index is 13.6. The lowest BCUT2D eigenvalue weighted by Gasteiger charge is -2.39. The van der Waals surface area contributed by atoms with E-state index in [1.54, 1.807) is 5.01 Å². The Bertz CT molecular complexity index is 931. The van der Waals surface area contributed by atoms with Crippen LogP contribution in [0.2, 0.25) is 0 Å². The van der Waals surface area contributed by atoms with Gasteiger partial charge in [-0.25, -0.2) is 10.4 Å². The summed E-state index contributed by atoms with van der Waals surface area (Å²) in [6.07, 6.45) is 0.892. The molecule has 3 aliphatic rings. The summed E-state index contributed by atoms with van der Waals surface area (Å²) < 4.78 is 0. The van der Waals surface area contributed by atoms with Gasteiger partial charge in [-0.2, -0.15) is 0 Å². The van der Waals surface area contributed by atoms with Gasteiger partial charge in [0.25, 0.3) is 0 Å². The summed E-state index contributed by atoms with van der Waals surface area (Å²) in [6, 6.07) is 17.6. The van der Waals surface area contributed by atoms with E-state index in [0.29, 0.717) is 19.6 Å². The van der Waals surface area contributed by atoms with Crippen LogP contribution in [0.25, 0.3) is 0 Å². The molecule has 2 amide bonds. The van der Waals surface area contributed by atoms with E-state index >= 15 is 0 Å². The number of likely N-dealkylation sites (tertiary alicyclic amines) is 1. The third kappa shape index (κ3) is 3.03. The van der Waals surface area contributed by atoms with E-state index in [2.05, 4.69) is 23.3 Å². The van der Waals surface area contributed by atoms with Crippen molar-refractivity contribution in [3.05, 3.63) is 60.2 Å². The zero-order chi connectivity index (χ0) is 20.0. The Balaban J connectivity index is 1.45. The number of anilines is 2. The van der Waals surface area contributed by atoms with Crippen LogP contribution in [0.15, 0.2) is 54.6 Å². The molecule has 150 valence electrons. The van der Waals surface area contributed by atoms with Crippen molar-refractivity contribution in [2.45, 2.75) is 19.4 Å². The van der Waals surface area contributed by atoms with Crippen LogP contribution in [0.3, 0.4) is 0 Å². The van der Waals surface area contributed by atoms with Gasteiger partial charge in [-0.1, -0.05) is 43.3 Å². The molecule has 0 aliphatic carbocycles. The molecule has 0 spiro atoms. The molecule has 2 fully saturated rings. The molecular formula is C23H26N4O2. The number of hydrogen-bond donors (Lipinski definition) is 1. The third-order valence-electron chi connectivity index (χ3n) is 6.52. The van der Waals surface area contributed by atoms with Gasteiger partial charge in [-0.15, -0.1) is 0 Å². The number of rotatable bonds is 3. The van der Waals surface area contributed by atoms with Crippen LogP contribution in [0.1, 0.15) is 12.5 Å². The number of hydrazine groups is 1. The maximum Gasteiger partial charge on any atom is 0.247 e. The van der Waals surface area contributed by atoms with E-state index in [1.165, 1.54) is 5.56 Å². The fourth-order valence-electron chi connectivity index (χ4n) is 4.96. The standard InChI is InChI=1S/C23H26N4O2/c1-2-25-14-18(22(28)26-13-12-16-8-6-7-11-20(16)26)21-19(15-25)23(29)27(24-21)17-9-4-3-5-10-17/h3-11,18-19,21,24H,2,12-15H2,1H3. The zero-order valence-electron chi connectivity index (χ0n) is 16.6. The lowest BCUT2D eigenvalue weighted by atomic mass is 9.83. The highest BCUT2D eigenvalue weighted by Crippen LogP contribution is 2.35. The monoisotopic (exact) mass is 390 g/mol. The Morgan fingerprint density at radius 2 is 1.83 bits per heavy atom. The molecule has 3 unspecified atom stereocenters. The van der Waals surface area contributed by atoms with Crippen molar-refractivity contribution in [2.24, 2.45) is 11.8 Å². The molecule has 3 aliphatic heterocycles. The average Bonchev–Trinajstić information content (AvgIpc) is 3.35. The summed E-state index contributed by atoms with van der Waals surface area (Å²) in [6.45, 7) is 5.01. The number of carbonyl (C=O) groups is 2. The van der Waals surface area contributed by atoms with Gasteiger partial charge >= 0.3 is 0 Å². The van der Waals surface area contributed by atoms with E-state index in [-0.39, 0.29) is 29.7 Å². The number of amides is 2. The first-order valence-electron chi connectivity index (χ1n) is 10.4. The summed E-state index contributed by atoms with van der Waals surface area (Å²) in [5.41, 5.74) is 6.46. The molecule has 6 nitrogen and oxygen atoms in total. The van der Waals surface area contributed by atoms with Crippen molar-refractivity contribution >= 4 is 23.2 Å². The average molecular weight is 390 g/mol. The second-order valence-corrected chi connectivity index (χ2v) is 8.10. The Labute approximate surface area is 171 Å². The number of nitrogens with zero attached hydrogens (tertiary/aromatic N) is 3. The van der Waals surface area contributed by atoms with E-state index in [1.807, 2.05) is 53.4 Å². The zero-order valence-corrected chi connectivity index (χ0v) is 16.6. The molecule has 2 saturated heterocycles. The van der Waals surface area contributed by atoms with E-state index < -0.39 is 0 Å². The molecule has 0 saturated carbocycles. The molecular weight excluding hydrogens is 364 g/mol. The predicted octanol–water partition coefficient (Wildman–Crippen LogP) is 2.06. The van der Waals surface area contributed by atoms with Crippen LogP contribution in [-0.4, -0.2) is 48.9 Å². The molecule has 2 aromatic carbocycles. The molecule has 2 aromatic rings. The SMILES string of the molecule is CCN1CC(C(=O)N2CCc3ccccc32)C2NN(c3ccccc3)C(=O)C2C1. The van der Waals surface area contributed by atoms with Gasteiger partial charge in [0, 0.05) is 25.3 Å². The number of nitrogens with one attached hydrogen (secondary N) is 1. The smallest absolute Gasteiger partial charge is 0.247 e. The lowest BCUT2D eigenvalue weighted by Crippen LogP contribution is -2.57. The minimum atomic E-state index is -0.252. The highest BCUT2D eigenvalue weighted by atomic mass is 16.2. The van der Waals surface area contributed by atoms with Gasteiger partial charge in [0.2, 0.25) is 11.8 Å². The summed E-state index contributed by atoms with van der Waals surface area (Å²) in [5.74, 6) is -0.287. The number of hydrogen-bond acceptors (Lipinski definition) is 4. The van der Waals surface area contributed by atoms with Crippen LogP contribution < -0.4 is 15.3 Å². The third-order valence-corrected chi connectivity index (χ3v) is 6.52. The molecule has 5 rings (SSSR count). The van der Waals surface area contributed by atoms with Crippen molar-refractivity contribution in [1.29, 1.82) is 0 Å². The van der Waals surface area contributed by atoms with Crippen molar-refractivity contribution in [3.63, 3.8) is 0 Å². The van der Waals surface area contributed by atoms with Crippen molar-refractivity contribution in [3.8, 4) is 0 Å². The quantitative estimate of drug-likeness (QED) is 0.872. The first-order chi connectivity index (χ1) is 14.2. The molecule has 3 heterocycles. The number of para-hydroxylation sites is 2. The van der Waals surface area contributed by atoms with E-state index in [0.717, 1.165) is 24.3 Å². The van der Waals surface area contributed by atoms with Gasteiger partial charge in [-0.05, 0) is 36.7 Å². The van der Waals surface area contributed by atoms with Crippen molar-refractivity contribution in [1.82, 2.24) is 10.3 Å². The number of benzene rings is 2. The fraction of sp³-hybridized carbons (Fsp3) is 0.391. The second kappa shape index (κ2) is 7.28. The van der Waals surface area contributed by atoms with E-state index in [9.17, 15) is 9.59 Å². The normalized spacial score (nSPS) is 26.5. The molecule has 0 aromatic heterocycles. The molecule has 0 radical (unpaired) electrons. The van der Waals surface area contributed by atoms with Crippen LogP contribution in [0.5, 0.6) is 0 Å². The number of carbonyl (C=O) groups excluding carboxylic acids is 2. The van der Waals surface area contributed by atoms with Gasteiger partial charge in [0.15, 0.2) is 0 Å². The molecule has 29 heavy (non-hydrogen) atoms. The van der Waals surface area contributed by atoms with Gasteiger partial charge in [-0.3, -0.25) is 9.59 Å². The van der Waals surface area contributed by atoms with Gasteiger partial charge < -0.3 is 9.80 Å². The maximum atomic E-state index is 13.6. The minimum absolute atomic E-state index is 0.0546. The molecule has 6 heteroatoms. The summed E-state index contributed by atoms with van der Waals surface area (Å²) in [7, 11) is 0. The Morgan fingerprint density at radius 3 is 2.62 bits per heavy atom. The topological polar surface area (TPSA) is 55.9 Å². The van der Waals surface area contributed by atoms with Crippen LogP contribution >= 0.6 is 0 Å². The lowest BCUT2D eigenvalue weighted by molar-refractivity contribution is -0.127. The predicted molar refractivity (Wildman–Crippen MR) is 112 cm³/mol. The first kappa shape index (κ1) is 18.3.